The summed E-state index contributed by atoms with van der Waals surface area (Å²) in [5.74, 6) is -1.13. The van der Waals surface area contributed by atoms with Crippen LogP contribution >= 0.6 is 0 Å². The second-order valence-electron chi connectivity index (χ2n) is 6.62. The summed E-state index contributed by atoms with van der Waals surface area (Å²) >= 11 is 0. The second-order valence-corrected chi connectivity index (χ2v) is 6.62. The molecule has 6 heteroatoms. The molecule has 1 N–H and O–H groups in total. The van der Waals surface area contributed by atoms with Crippen LogP contribution in [0.1, 0.15) is 36.8 Å². The topological polar surface area (TPSA) is 85.7 Å². The highest BCUT2D eigenvalue weighted by Gasteiger charge is 2.17. The number of ether oxygens (including phenoxy) is 2. The van der Waals surface area contributed by atoms with Gasteiger partial charge in [-0.25, -0.2) is 14.6 Å². The molecule has 0 aliphatic heterocycles. The minimum atomic E-state index is -1.10. The maximum atomic E-state index is 11.7. The third kappa shape index (κ3) is 5.31. The molecule has 132 valence electrons. The first-order valence-electron chi connectivity index (χ1n) is 7.81. The van der Waals surface area contributed by atoms with Gasteiger partial charge in [-0.05, 0) is 57.0 Å². The Morgan fingerprint density at radius 2 is 1.92 bits per heavy atom. The van der Waals surface area contributed by atoms with E-state index in [1.807, 2.05) is 6.92 Å². The Bertz CT molecular complexity index is 793. The van der Waals surface area contributed by atoms with Gasteiger partial charge in [0.25, 0.3) is 0 Å². The second kappa shape index (κ2) is 7.34. The summed E-state index contributed by atoms with van der Waals surface area (Å²) in [7, 11) is 0. The standard InChI is InChI=1S/C19H21NO5/c1-12-8-15(17(18(22)23)20-10-12)13-6-5-7-14(9-13)24-11-16(21)25-19(2,3)4/h5-10H,11H2,1-4H3,(H,22,23). The van der Waals surface area contributed by atoms with E-state index in [2.05, 4.69) is 4.98 Å². The van der Waals surface area contributed by atoms with Crippen LogP contribution in [0.3, 0.4) is 0 Å². The molecule has 0 saturated carbocycles. The number of nitrogens with zero attached hydrogens (tertiary/aromatic N) is 1. The van der Waals surface area contributed by atoms with Crippen LogP contribution in [0.4, 0.5) is 0 Å². The van der Waals surface area contributed by atoms with E-state index in [4.69, 9.17) is 9.47 Å². The third-order valence-electron chi connectivity index (χ3n) is 3.15. The van der Waals surface area contributed by atoms with E-state index in [-0.39, 0.29) is 12.3 Å². The number of aromatic nitrogens is 1. The average Bonchev–Trinajstić information content (AvgIpc) is 2.51. The molecule has 2 aromatic rings. The lowest BCUT2D eigenvalue weighted by Crippen LogP contribution is -2.27. The van der Waals surface area contributed by atoms with Gasteiger partial charge in [0.05, 0.1) is 0 Å². The molecule has 0 atom stereocenters. The number of hydrogen-bond acceptors (Lipinski definition) is 5. The molecule has 0 spiro atoms. The lowest BCUT2D eigenvalue weighted by molar-refractivity contribution is -0.157. The normalized spacial score (nSPS) is 11.0. The molecule has 6 nitrogen and oxygen atoms in total. The van der Waals surface area contributed by atoms with Crippen molar-refractivity contribution in [3.05, 3.63) is 47.8 Å². The van der Waals surface area contributed by atoms with Crippen molar-refractivity contribution in [2.75, 3.05) is 6.61 Å². The van der Waals surface area contributed by atoms with Gasteiger partial charge in [-0.15, -0.1) is 0 Å². The number of carbonyl (C=O) groups excluding carboxylic acids is 1. The Morgan fingerprint density at radius 3 is 2.56 bits per heavy atom. The molecule has 2 rings (SSSR count). The molecule has 0 radical (unpaired) electrons. The summed E-state index contributed by atoms with van der Waals surface area (Å²) in [5, 5.41) is 9.32. The number of carbonyl (C=O) groups is 2. The van der Waals surface area contributed by atoms with Gasteiger partial charge in [-0.1, -0.05) is 12.1 Å². The largest absolute Gasteiger partial charge is 0.482 e. The number of aryl methyl sites for hydroxylation is 1. The van der Waals surface area contributed by atoms with E-state index < -0.39 is 17.5 Å². The summed E-state index contributed by atoms with van der Waals surface area (Å²) in [5.41, 5.74) is 1.38. The molecule has 0 aliphatic carbocycles. The number of carboxylic acid groups (broad SMARTS) is 1. The number of aromatic carboxylic acids is 1. The Balaban J connectivity index is 2.21. The highest BCUT2D eigenvalue weighted by Crippen LogP contribution is 2.27. The van der Waals surface area contributed by atoms with E-state index in [1.54, 1.807) is 51.1 Å². The summed E-state index contributed by atoms with van der Waals surface area (Å²) in [6, 6.07) is 8.62. The molecular weight excluding hydrogens is 322 g/mol. The van der Waals surface area contributed by atoms with Crippen molar-refractivity contribution in [2.24, 2.45) is 0 Å². The van der Waals surface area contributed by atoms with Crippen molar-refractivity contribution < 1.29 is 24.2 Å². The lowest BCUT2D eigenvalue weighted by atomic mass is 10.0. The zero-order chi connectivity index (χ0) is 18.6. The molecule has 1 aromatic carbocycles. The first-order valence-corrected chi connectivity index (χ1v) is 7.81. The van der Waals surface area contributed by atoms with Crippen molar-refractivity contribution in [3.8, 4) is 16.9 Å². The van der Waals surface area contributed by atoms with E-state index in [9.17, 15) is 14.7 Å². The fourth-order valence-corrected chi connectivity index (χ4v) is 2.23. The molecule has 0 bridgehead atoms. The van der Waals surface area contributed by atoms with Gasteiger partial charge in [-0.2, -0.15) is 0 Å². The van der Waals surface area contributed by atoms with Crippen molar-refractivity contribution in [1.29, 1.82) is 0 Å². The Labute approximate surface area is 146 Å². The highest BCUT2D eigenvalue weighted by molar-refractivity contribution is 5.94. The number of rotatable bonds is 5. The maximum Gasteiger partial charge on any atom is 0.355 e. The van der Waals surface area contributed by atoms with Crippen LogP contribution in [0, 0.1) is 6.92 Å². The van der Waals surface area contributed by atoms with Crippen LogP contribution in [0.2, 0.25) is 0 Å². The number of benzene rings is 1. The fourth-order valence-electron chi connectivity index (χ4n) is 2.23. The quantitative estimate of drug-likeness (QED) is 0.837. The molecule has 0 unspecified atom stereocenters. The zero-order valence-electron chi connectivity index (χ0n) is 14.7. The van der Waals surface area contributed by atoms with E-state index in [1.165, 1.54) is 6.20 Å². The predicted octanol–water partition coefficient (Wildman–Crippen LogP) is 3.48. The number of esters is 1. The number of carboxylic acids is 1. The Hall–Kier alpha value is -2.89. The monoisotopic (exact) mass is 343 g/mol. The molecule has 0 saturated heterocycles. The summed E-state index contributed by atoms with van der Waals surface area (Å²) in [6.07, 6.45) is 1.51. The van der Waals surface area contributed by atoms with Crippen LogP contribution < -0.4 is 4.74 Å². The average molecular weight is 343 g/mol. The van der Waals surface area contributed by atoms with E-state index in [0.717, 1.165) is 5.56 Å². The van der Waals surface area contributed by atoms with Gasteiger partial charge in [0.1, 0.15) is 11.4 Å². The van der Waals surface area contributed by atoms with Crippen LogP contribution in [-0.2, 0) is 9.53 Å². The van der Waals surface area contributed by atoms with Crippen LogP contribution in [0.25, 0.3) is 11.1 Å². The Morgan fingerprint density at radius 1 is 1.20 bits per heavy atom. The Kier molecular flexibility index (Phi) is 5.41. The first-order chi connectivity index (χ1) is 11.7. The molecule has 1 aromatic heterocycles. The van der Waals surface area contributed by atoms with Crippen LogP contribution in [-0.4, -0.2) is 34.2 Å². The van der Waals surface area contributed by atoms with E-state index >= 15 is 0 Å². The lowest BCUT2D eigenvalue weighted by Gasteiger charge is -2.19. The van der Waals surface area contributed by atoms with Gasteiger partial charge < -0.3 is 14.6 Å². The minimum absolute atomic E-state index is 0.0325. The maximum absolute atomic E-state index is 11.7. The SMILES string of the molecule is Cc1cnc(C(=O)O)c(-c2cccc(OCC(=O)OC(C)(C)C)c2)c1. The van der Waals surface area contributed by atoms with Gasteiger partial charge in [-0.3, -0.25) is 0 Å². The van der Waals surface area contributed by atoms with E-state index in [0.29, 0.717) is 16.9 Å². The smallest absolute Gasteiger partial charge is 0.355 e. The fraction of sp³-hybridized carbons (Fsp3) is 0.316. The van der Waals surface area contributed by atoms with Crippen molar-refractivity contribution >= 4 is 11.9 Å². The van der Waals surface area contributed by atoms with Crippen molar-refractivity contribution in [2.45, 2.75) is 33.3 Å². The van der Waals surface area contributed by atoms with Crippen LogP contribution in [0.15, 0.2) is 36.5 Å². The molecular formula is C19H21NO5. The van der Waals surface area contributed by atoms with Crippen molar-refractivity contribution in [3.63, 3.8) is 0 Å². The number of hydrogen-bond donors (Lipinski definition) is 1. The first kappa shape index (κ1) is 18.4. The van der Waals surface area contributed by atoms with Gasteiger partial charge in [0, 0.05) is 11.8 Å². The molecule has 25 heavy (non-hydrogen) atoms. The van der Waals surface area contributed by atoms with Gasteiger partial charge >= 0.3 is 11.9 Å². The zero-order valence-corrected chi connectivity index (χ0v) is 14.7. The summed E-state index contributed by atoms with van der Waals surface area (Å²) in [4.78, 5) is 27.1. The molecule has 0 aliphatic rings. The third-order valence-corrected chi connectivity index (χ3v) is 3.15. The summed E-state index contributed by atoms with van der Waals surface area (Å²) in [6.45, 7) is 6.96. The predicted molar refractivity (Wildman–Crippen MR) is 92.7 cm³/mol. The summed E-state index contributed by atoms with van der Waals surface area (Å²) < 4.78 is 10.7. The van der Waals surface area contributed by atoms with Gasteiger partial charge in [0.15, 0.2) is 12.3 Å². The molecule has 1 heterocycles. The molecule has 0 amide bonds. The van der Waals surface area contributed by atoms with Crippen LogP contribution in [0.5, 0.6) is 5.75 Å². The highest BCUT2D eigenvalue weighted by atomic mass is 16.6. The van der Waals surface area contributed by atoms with Crippen molar-refractivity contribution in [1.82, 2.24) is 4.98 Å². The number of pyridine rings is 1. The molecule has 0 fully saturated rings. The minimum Gasteiger partial charge on any atom is -0.482 e. The van der Waals surface area contributed by atoms with Gasteiger partial charge in [0.2, 0.25) is 0 Å².